The summed E-state index contributed by atoms with van der Waals surface area (Å²) in [7, 11) is 0. The lowest BCUT2D eigenvalue weighted by molar-refractivity contribution is -0.131. The highest BCUT2D eigenvalue weighted by Crippen LogP contribution is 2.31. The molecule has 1 heterocycles. The molecule has 3 heteroatoms. The van der Waals surface area contributed by atoms with Crippen molar-refractivity contribution in [3.8, 4) is 0 Å². The van der Waals surface area contributed by atoms with Crippen LogP contribution >= 0.6 is 0 Å². The zero-order valence-electron chi connectivity index (χ0n) is 12.9. The summed E-state index contributed by atoms with van der Waals surface area (Å²) in [5.41, 5.74) is 3.05. The fourth-order valence-electron chi connectivity index (χ4n) is 2.37. The minimum absolute atomic E-state index is 0.590. The van der Waals surface area contributed by atoms with Gasteiger partial charge in [0.15, 0.2) is 0 Å². The Balaban J connectivity index is 2.01. The molecule has 0 spiro atoms. The second-order valence-corrected chi connectivity index (χ2v) is 5.21. The first-order chi connectivity index (χ1) is 11.7. The zero-order valence-corrected chi connectivity index (χ0v) is 12.9. The van der Waals surface area contributed by atoms with Crippen LogP contribution < -0.4 is 0 Å². The number of rotatable bonds is 4. The van der Waals surface area contributed by atoms with E-state index in [-0.39, 0.29) is 0 Å². The standard InChI is InChI=1S/C21H16O3/c22-21(23)13-7-12-19-14-18(16-8-3-1-4-9-16)15-20(24-19)17-10-5-2-6-11-17/h1-15H,(H,22,23)/b13-7+,19-12-. The van der Waals surface area contributed by atoms with Crippen LogP contribution in [-0.4, -0.2) is 11.1 Å². The third kappa shape index (κ3) is 3.90. The minimum Gasteiger partial charge on any atom is -0.478 e. The highest BCUT2D eigenvalue weighted by Gasteiger charge is 2.13. The Labute approximate surface area is 140 Å². The molecule has 24 heavy (non-hydrogen) atoms. The van der Waals surface area contributed by atoms with Gasteiger partial charge in [-0.1, -0.05) is 66.7 Å². The molecule has 1 N–H and O–H groups in total. The van der Waals surface area contributed by atoms with E-state index >= 15 is 0 Å². The molecule has 0 saturated heterocycles. The van der Waals surface area contributed by atoms with Gasteiger partial charge in [0.1, 0.15) is 11.5 Å². The maximum atomic E-state index is 10.6. The number of aliphatic carboxylic acids is 1. The van der Waals surface area contributed by atoms with Crippen LogP contribution in [0.15, 0.2) is 96.8 Å². The fraction of sp³-hybridized carbons (Fsp3) is 0. The molecule has 1 aliphatic rings. The van der Waals surface area contributed by atoms with Gasteiger partial charge >= 0.3 is 5.97 Å². The summed E-state index contributed by atoms with van der Waals surface area (Å²) in [6.07, 6.45) is 8.07. The van der Waals surface area contributed by atoms with E-state index in [1.807, 2.05) is 72.8 Å². The number of hydrogen-bond donors (Lipinski definition) is 1. The van der Waals surface area contributed by atoms with Crippen molar-refractivity contribution in [3.05, 3.63) is 108 Å². The van der Waals surface area contributed by atoms with Crippen molar-refractivity contribution in [1.82, 2.24) is 0 Å². The number of carboxylic acids is 1. The number of hydrogen-bond acceptors (Lipinski definition) is 2. The second-order valence-electron chi connectivity index (χ2n) is 5.21. The summed E-state index contributed by atoms with van der Waals surface area (Å²) in [5.74, 6) is 0.327. The van der Waals surface area contributed by atoms with Gasteiger partial charge in [0, 0.05) is 11.6 Å². The molecule has 3 rings (SSSR count). The molecule has 0 saturated carbocycles. The first-order valence-corrected chi connectivity index (χ1v) is 7.56. The lowest BCUT2D eigenvalue weighted by atomic mass is 10.0. The van der Waals surface area contributed by atoms with Crippen molar-refractivity contribution in [2.75, 3.05) is 0 Å². The highest BCUT2D eigenvalue weighted by atomic mass is 16.5. The van der Waals surface area contributed by atoms with Crippen molar-refractivity contribution < 1.29 is 14.6 Å². The van der Waals surface area contributed by atoms with Crippen molar-refractivity contribution >= 4 is 17.3 Å². The number of carbonyl (C=O) groups is 1. The molecule has 0 bridgehead atoms. The molecule has 0 fully saturated rings. The van der Waals surface area contributed by atoms with Gasteiger partial charge in [-0.3, -0.25) is 0 Å². The largest absolute Gasteiger partial charge is 0.478 e. The van der Waals surface area contributed by atoms with Gasteiger partial charge < -0.3 is 9.84 Å². The molecule has 0 amide bonds. The molecule has 3 nitrogen and oxygen atoms in total. The molecule has 0 aliphatic carbocycles. The van der Waals surface area contributed by atoms with Gasteiger partial charge in [0.2, 0.25) is 0 Å². The van der Waals surface area contributed by atoms with Crippen molar-refractivity contribution in [1.29, 1.82) is 0 Å². The van der Waals surface area contributed by atoms with E-state index in [0.717, 1.165) is 28.5 Å². The maximum Gasteiger partial charge on any atom is 0.328 e. The smallest absolute Gasteiger partial charge is 0.328 e. The normalized spacial score (nSPS) is 15.8. The van der Waals surface area contributed by atoms with Crippen molar-refractivity contribution in [3.63, 3.8) is 0 Å². The van der Waals surface area contributed by atoms with Crippen LogP contribution in [0.4, 0.5) is 0 Å². The van der Waals surface area contributed by atoms with Gasteiger partial charge in [-0.2, -0.15) is 0 Å². The van der Waals surface area contributed by atoms with Crippen molar-refractivity contribution in [2.45, 2.75) is 0 Å². The van der Waals surface area contributed by atoms with E-state index in [9.17, 15) is 4.79 Å². The van der Waals surface area contributed by atoms with Crippen LogP contribution in [-0.2, 0) is 9.53 Å². The summed E-state index contributed by atoms with van der Waals surface area (Å²) >= 11 is 0. The number of ether oxygens (including phenoxy) is 1. The van der Waals surface area contributed by atoms with Gasteiger partial charge in [-0.05, 0) is 29.4 Å². The van der Waals surface area contributed by atoms with Gasteiger partial charge in [-0.25, -0.2) is 4.79 Å². The lowest BCUT2D eigenvalue weighted by Gasteiger charge is -2.18. The summed E-state index contributed by atoms with van der Waals surface area (Å²) in [5, 5.41) is 8.72. The van der Waals surface area contributed by atoms with E-state index in [4.69, 9.17) is 9.84 Å². The molecular formula is C21H16O3. The molecule has 0 aromatic heterocycles. The Morgan fingerprint density at radius 1 is 0.875 bits per heavy atom. The predicted molar refractivity (Wildman–Crippen MR) is 94.8 cm³/mol. The Kier molecular flexibility index (Phi) is 4.73. The van der Waals surface area contributed by atoms with Crippen LogP contribution in [0.25, 0.3) is 11.3 Å². The van der Waals surface area contributed by atoms with Gasteiger partial charge in [0.25, 0.3) is 0 Å². The van der Waals surface area contributed by atoms with E-state index < -0.39 is 5.97 Å². The van der Waals surface area contributed by atoms with Crippen LogP contribution in [0.3, 0.4) is 0 Å². The Morgan fingerprint density at radius 2 is 1.50 bits per heavy atom. The van der Waals surface area contributed by atoms with Gasteiger partial charge in [-0.15, -0.1) is 0 Å². The first-order valence-electron chi connectivity index (χ1n) is 7.56. The molecule has 0 atom stereocenters. The number of allylic oxidation sites excluding steroid dienone is 5. The topological polar surface area (TPSA) is 46.5 Å². The Bertz CT molecular complexity index is 841. The Morgan fingerprint density at radius 3 is 2.12 bits per heavy atom. The molecule has 2 aromatic carbocycles. The third-order valence-corrected chi connectivity index (χ3v) is 3.48. The van der Waals surface area contributed by atoms with E-state index in [0.29, 0.717) is 5.76 Å². The minimum atomic E-state index is -0.992. The van der Waals surface area contributed by atoms with Crippen LogP contribution in [0.1, 0.15) is 11.1 Å². The first kappa shape index (κ1) is 15.6. The summed E-state index contributed by atoms with van der Waals surface area (Å²) in [4.78, 5) is 10.6. The second kappa shape index (κ2) is 7.29. The average molecular weight is 316 g/mol. The predicted octanol–water partition coefficient (Wildman–Crippen LogP) is 4.67. The summed E-state index contributed by atoms with van der Waals surface area (Å²) < 4.78 is 5.91. The van der Waals surface area contributed by atoms with E-state index in [1.165, 1.54) is 6.08 Å². The van der Waals surface area contributed by atoms with Crippen LogP contribution in [0, 0.1) is 0 Å². The number of benzene rings is 2. The molecule has 0 unspecified atom stereocenters. The maximum absolute atomic E-state index is 10.6. The zero-order chi connectivity index (χ0) is 16.8. The summed E-state index contributed by atoms with van der Waals surface area (Å²) in [6, 6.07) is 19.8. The van der Waals surface area contributed by atoms with Crippen molar-refractivity contribution in [2.24, 2.45) is 0 Å². The quantitative estimate of drug-likeness (QED) is 0.834. The van der Waals surface area contributed by atoms with E-state index in [1.54, 1.807) is 6.08 Å². The molecular weight excluding hydrogens is 300 g/mol. The summed E-state index contributed by atoms with van der Waals surface area (Å²) in [6.45, 7) is 0. The van der Waals surface area contributed by atoms with Crippen LogP contribution in [0.2, 0.25) is 0 Å². The third-order valence-electron chi connectivity index (χ3n) is 3.48. The molecule has 2 aromatic rings. The monoisotopic (exact) mass is 316 g/mol. The van der Waals surface area contributed by atoms with Crippen LogP contribution in [0.5, 0.6) is 0 Å². The number of carboxylic acid groups (broad SMARTS) is 1. The Hall–Kier alpha value is -3.33. The molecule has 1 aliphatic heterocycles. The SMILES string of the molecule is O=C(O)/C=C/C=C1/C=C(c2ccccc2)C=C(c2ccccc2)O1. The lowest BCUT2D eigenvalue weighted by Crippen LogP contribution is -1.99. The molecule has 0 radical (unpaired) electrons. The van der Waals surface area contributed by atoms with Gasteiger partial charge in [0.05, 0.1) is 0 Å². The fourth-order valence-corrected chi connectivity index (χ4v) is 2.37. The molecule has 118 valence electrons. The van der Waals surface area contributed by atoms with E-state index in [2.05, 4.69) is 0 Å². The average Bonchev–Trinajstić information content (AvgIpc) is 2.63. The highest BCUT2D eigenvalue weighted by molar-refractivity contribution is 5.85.